The van der Waals surface area contributed by atoms with Gasteiger partial charge in [0.1, 0.15) is 11.6 Å². The zero-order valence-corrected chi connectivity index (χ0v) is 9.44. The van der Waals surface area contributed by atoms with Crippen molar-refractivity contribution in [2.75, 3.05) is 6.61 Å². The molecule has 0 spiro atoms. The molecule has 0 atom stereocenters. The maximum atomic E-state index is 11.2. The van der Waals surface area contributed by atoms with Crippen LogP contribution in [0.5, 0.6) is 0 Å². The lowest BCUT2D eigenvalue weighted by molar-refractivity contribution is -0.126. The molecule has 1 rings (SSSR count). The molecule has 0 unspecified atom stereocenters. The van der Waals surface area contributed by atoms with Gasteiger partial charge in [0.05, 0.1) is 19.6 Å². The summed E-state index contributed by atoms with van der Waals surface area (Å²) in [6.07, 6.45) is 0.334. The second-order valence-electron chi connectivity index (χ2n) is 3.71. The van der Waals surface area contributed by atoms with E-state index >= 15 is 0 Å². The topological polar surface area (TPSA) is 43.4 Å². The molecule has 0 radical (unpaired) electrons. The molecule has 0 heterocycles. The summed E-state index contributed by atoms with van der Waals surface area (Å²) in [5.74, 6) is -0.145. The van der Waals surface area contributed by atoms with Gasteiger partial charge in [-0.1, -0.05) is 30.3 Å². The minimum absolute atomic E-state index is 0.0225. The van der Waals surface area contributed by atoms with E-state index < -0.39 is 0 Å². The van der Waals surface area contributed by atoms with Crippen molar-refractivity contribution < 1.29 is 14.3 Å². The Morgan fingerprint density at radius 3 is 2.50 bits per heavy atom. The number of rotatable bonds is 7. The second-order valence-corrected chi connectivity index (χ2v) is 3.71. The molecular weight excluding hydrogens is 204 g/mol. The number of carbonyl (C=O) groups excluding carboxylic acids is 2. The summed E-state index contributed by atoms with van der Waals surface area (Å²) >= 11 is 0. The highest BCUT2D eigenvalue weighted by Crippen LogP contribution is 2.01. The van der Waals surface area contributed by atoms with Gasteiger partial charge in [-0.15, -0.1) is 0 Å². The molecule has 86 valence electrons. The monoisotopic (exact) mass is 220 g/mol. The summed E-state index contributed by atoms with van der Waals surface area (Å²) in [4.78, 5) is 21.8. The van der Waals surface area contributed by atoms with E-state index in [0.717, 1.165) is 5.56 Å². The van der Waals surface area contributed by atoms with Crippen molar-refractivity contribution in [3.05, 3.63) is 35.9 Å². The van der Waals surface area contributed by atoms with Crippen LogP contribution in [0.25, 0.3) is 0 Å². The number of benzene rings is 1. The quantitative estimate of drug-likeness (QED) is 0.522. The molecule has 3 nitrogen and oxygen atoms in total. The van der Waals surface area contributed by atoms with E-state index in [4.69, 9.17) is 4.74 Å². The van der Waals surface area contributed by atoms with Crippen molar-refractivity contribution in [2.24, 2.45) is 0 Å². The van der Waals surface area contributed by atoms with Crippen LogP contribution in [0.4, 0.5) is 0 Å². The number of hydrogen-bond donors (Lipinski definition) is 0. The van der Waals surface area contributed by atoms with Gasteiger partial charge in [-0.05, 0) is 12.5 Å². The van der Waals surface area contributed by atoms with E-state index in [0.29, 0.717) is 19.6 Å². The fourth-order valence-electron chi connectivity index (χ4n) is 1.32. The minimum atomic E-state index is -0.0898. The van der Waals surface area contributed by atoms with E-state index in [1.807, 2.05) is 30.3 Å². The number of ether oxygens (including phenoxy) is 1. The minimum Gasteiger partial charge on any atom is -0.376 e. The molecule has 0 bridgehead atoms. The number of Topliss-reactive ketones (excluding diaryl/α,β-unsaturated/α-hetero) is 2. The third-order valence-corrected chi connectivity index (χ3v) is 2.08. The van der Waals surface area contributed by atoms with Crippen molar-refractivity contribution in [2.45, 2.75) is 26.4 Å². The largest absolute Gasteiger partial charge is 0.376 e. The Hall–Kier alpha value is -1.48. The summed E-state index contributed by atoms with van der Waals surface area (Å²) in [6, 6.07) is 9.77. The molecule has 1 aromatic rings. The lowest BCUT2D eigenvalue weighted by Gasteiger charge is -2.03. The molecule has 0 aliphatic heterocycles. The van der Waals surface area contributed by atoms with Crippen molar-refractivity contribution in [1.82, 2.24) is 0 Å². The van der Waals surface area contributed by atoms with Gasteiger partial charge in [0.2, 0.25) is 0 Å². The molecule has 1 aromatic carbocycles. The molecule has 0 aliphatic carbocycles. The highest BCUT2D eigenvalue weighted by molar-refractivity contribution is 5.97. The van der Waals surface area contributed by atoms with Crippen molar-refractivity contribution in [3.63, 3.8) is 0 Å². The number of hydrogen-bond acceptors (Lipinski definition) is 3. The SMILES string of the molecule is CC(=O)CC(=O)CCOCc1ccccc1. The maximum Gasteiger partial charge on any atom is 0.142 e. The summed E-state index contributed by atoms with van der Waals surface area (Å²) in [5, 5.41) is 0. The van der Waals surface area contributed by atoms with Crippen LogP contribution < -0.4 is 0 Å². The van der Waals surface area contributed by atoms with Gasteiger partial charge in [0.15, 0.2) is 0 Å². The molecular formula is C13H16O3. The number of carbonyl (C=O) groups is 2. The van der Waals surface area contributed by atoms with Crippen LogP contribution in [-0.2, 0) is 20.9 Å². The maximum absolute atomic E-state index is 11.2. The smallest absolute Gasteiger partial charge is 0.142 e. The number of ketones is 2. The predicted molar refractivity (Wildman–Crippen MR) is 61.0 cm³/mol. The van der Waals surface area contributed by atoms with Gasteiger partial charge in [-0.2, -0.15) is 0 Å². The first-order valence-electron chi connectivity index (χ1n) is 5.31. The summed E-state index contributed by atoms with van der Waals surface area (Å²) in [7, 11) is 0. The summed E-state index contributed by atoms with van der Waals surface area (Å²) < 4.78 is 5.34. The van der Waals surface area contributed by atoms with Gasteiger partial charge in [-0.25, -0.2) is 0 Å². The van der Waals surface area contributed by atoms with Crippen molar-refractivity contribution in [1.29, 1.82) is 0 Å². The normalized spacial score (nSPS) is 10.1. The molecule has 0 saturated heterocycles. The van der Waals surface area contributed by atoms with E-state index in [1.165, 1.54) is 6.92 Å². The summed E-state index contributed by atoms with van der Waals surface area (Å²) in [5.41, 5.74) is 1.08. The van der Waals surface area contributed by atoms with Gasteiger partial charge in [-0.3, -0.25) is 9.59 Å². The lowest BCUT2D eigenvalue weighted by Crippen LogP contribution is -2.08. The van der Waals surface area contributed by atoms with Gasteiger partial charge in [0, 0.05) is 6.42 Å². The van der Waals surface area contributed by atoms with Crippen LogP contribution in [0.2, 0.25) is 0 Å². The van der Waals surface area contributed by atoms with Crippen molar-refractivity contribution >= 4 is 11.6 Å². The first-order valence-corrected chi connectivity index (χ1v) is 5.31. The Bertz CT molecular complexity index is 343. The highest BCUT2D eigenvalue weighted by Gasteiger charge is 2.04. The highest BCUT2D eigenvalue weighted by atomic mass is 16.5. The Kier molecular flexibility index (Phi) is 5.43. The fourth-order valence-corrected chi connectivity index (χ4v) is 1.32. The first kappa shape index (κ1) is 12.6. The average Bonchev–Trinajstić information content (AvgIpc) is 2.25. The van der Waals surface area contributed by atoms with Crippen molar-refractivity contribution in [3.8, 4) is 0 Å². The van der Waals surface area contributed by atoms with Crippen LogP contribution in [0.1, 0.15) is 25.3 Å². The average molecular weight is 220 g/mol. The summed E-state index contributed by atoms with van der Waals surface area (Å²) in [6.45, 7) is 2.30. The van der Waals surface area contributed by atoms with Gasteiger partial charge < -0.3 is 4.74 Å². The Labute approximate surface area is 95.4 Å². The second kappa shape index (κ2) is 6.90. The molecule has 0 saturated carbocycles. The molecule has 0 N–H and O–H groups in total. The Morgan fingerprint density at radius 1 is 1.19 bits per heavy atom. The van der Waals surface area contributed by atoms with Gasteiger partial charge >= 0.3 is 0 Å². The van der Waals surface area contributed by atoms with Crippen LogP contribution in [0.15, 0.2) is 30.3 Å². The third-order valence-electron chi connectivity index (χ3n) is 2.08. The predicted octanol–water partition coefficient (Wildman–Crippen LogP) is 2.14. The van der Waals surface area contributed by atoms with E-state index in [1.54, 1.807) is 0 Å². The standard InChI is InChI=1S/C13H16O3/c1-11(14)9-13(15)7-8-16-10-12-5-3-2-4-6-12/h2-6H,7-10H2,1H3. The third kappa shape index (κ3) is 5.41. The van der Waals surface area contributed by atoms with E-state index in [2.05, 4.69) is 0 Å². The first-order chi connectivity index (χ1) is 7.68. The van der Waals surface area contributed by atoms with E-state index in [-0.39, 0.29) is 18.0 Å². The van der Waals surface area contributed by atoms with Crippen LogP contribution in [0.3, 0.4) is 0 Å². The Morgan fingerprint density at radius 2 is 1.88 bits per heavy atom. The van der Waals surface area contributed by atoms with Crippen LogP contribution >= 0.6 is 0 Å². The molecule has 3 heteroatoms. The molecule has 0 fully saturated rings. The van der Waals surface area contributed by atoms with Crippen LogP contribution in [0, 0.1) is 0 Å². The molecule has 0 aliphatic rings. The van der Waals surface area contributed by atoms with E-state index in [9.17, 15) is 9.59 Å². The van der Waals surface area contributed by atoms with Crippen LogP contribution in [-0.4, -0.2) is 18.2 Å². The Balaban J connectivity index is 2.13. The lowest BCUT2D eigenvalue weighted by atomic mass is 10.2. The fraction of sp³-hybridized carbons (Fsp3) is 0.385. The molecule has 0 aromatic heterocycles. The molecule has 16 heavy (non-hydrogen) atoms. The zero-order valence-electron chi connectivity index (χ0n) is 9.44. The molecule has 0 amide bonds. The zero-order chi connectivity index (χ0) is 11.8. The van der Waals surface area contributed by atoms with Gasteiger partial charge in [0.25, 0.3) is 0 Å².